The number of amides is 1. The van der Waals surface area contributed by atoms with Crippen molar-refractivity contribution in [3.8, 4) is 0 Å². The summed E-state index contributed by atoms with van der Waals surface area (Å²) in [6.07, 6.45) is -0.299. The van der Waals surface area contributed by atoms with Crippen molar-refractivity contribution in [1.29, 1.82) is 0 Å². The molecule has 1 fully saturated rings. The molecule has 9 heteroatoms. The Morgan fingerprint density at radius 1 is 1.17 bits per heavy atom. The second kappa shape index (κ2) is 7.53. The van der Waals surface area contributed by atoms with E-state index in [1.165, 1.54) is 24.3 Å². The summed E-state index contributed by atoms with van der Waals surface area (Å²) >= 11 is 0. The van der Waals surface area contributed by atoms with E-state index >= 15 is 0 Å². The molecule has 0 radical (unpaired) electrons. The van der Waals surface area contributed by atoms with Gasteiger partial charge >= 0.3 is 5.97 Å². The predicted octanol–water partition coefficient (Wildman–Crippen LogP) is -0.0880. The van der Waals surface area contributed by atoms with Crippen molar-refractivity contribution in [2.24, 2.45) is 0 Å². The van der Waals surface area contributed by atoms with Gasteiger partial charge in [0.1, 0.15) is 0 Å². The number of carboxylic acids is 1. The third-order valence-electron chi connectivity index (χ3n) is 3.34. The number of nitrogens with zero attached hydrogens (tertiary/aromatic N) is 1. The molecule has 8 nitrogen and oxygen atoms in total. The first-order valence-corrected chi connectivity index (χ1v) is 8.57. The summed E-state index contributed by atoms with van der Waals surface area (Å²) in [5, 5.41) is 8.52. The topological polar surface area (TPSA) is 113 Å². The second-order valence-electron chi connectivity index (χ2n) is 4.97. The molecule has 1 aliphatic rings. The monoisotopic (exact) mass is 342 g/mol. The van der Waals surface area contributed by atoms with Crippen LogP contribution in [0.2, 0.25) is 0 Å². The minimum atomic E-state index is -3.78. The highest BCUT2D eigenvalue weighted by molar-refractivity contribution is 7.89. The van der Waals surface area contributed by atoms with Gasteiger partial charge < -0.3 is 14.7 Å². The fourth-order valence-electron chi connectivity index (χ4n) is 2.10. The summed E-state index contributed by atoms with van der Waals surface area (Å²) < 4.78 is 31.3. The van der Waals surface area contributed by atoms with Gasteiger partial charge in [-0.3, -0.25) is 9.59 Å². The molecular formula is C14H18N2O6S. The van der Waals surface area contributed by atoms with Crippen LogP contribution < -0.4 is 4.72 Å². The Kier molecular flexibility index (Phi) is 5.69. The van der Waals surface area contributed by atoms with Gasteiger partial charge in [0.05, 0.1) is 24.5 Å². The van der Waals surface area contributed by atoms with Crippen molar-refractivity contribution in [1.82, 2.24) is 9.62 Å². The Morgan fingerprint density at radius 2 is 1.78 bits per heavy atom. The molecule has 1 aliphatic heterocycles. The zero-order valence-electron chi connectivity index (χ0n) is 12.4. The number of aliphatic carboxylic acids is 1. The predicted molar refractivity (Wildman–Crippen MR) is 80.6 cm³/mol. The summed E-state index contributed by atoms with van der Waals surface area (Å²) in [5.41, 5.74) is 0.399. The van der Waals surface area contributed by atoms with Crippen molar-refractivity contribution >= 4 is 21.9 Å². The van der Waals surface area contributed by atoms with E-state index in [1.54, 1.807) is 4.90 Å². The number of benzene rings is 1. The summed E-state index contributed by atoms with van der Waals surface area (Å²) in [6.45, 7) is 1.81. The molecule has 0 atom stereocenters. The van der Waals surface area contributed by atoms with E-state index in [1.807, 2.05) is 0 Å². The number of morpholine rings is 1. The Morgan fingerprint density at radius 3 is 2.35 bits per heavy atom. The molecule has 0 aliphatic carbocycles. The van der Waals surface area contributed by atoms with Crippen LogP contribution in [0.5, 0.6) is 0 Å². The molecule has 1 aromatic rings. The van der Waals surface area contributed by atoms with Gasteiger partial charge in [-0.1, -0.05) is 0 Å². The third kappa shape index (κ3) is 4.75. The van der Waals surface area contributed by atoms with E-state index in [9.17, 15) is 18.0 Å². The number of carbonyl (C=O) groups is 2. The number of hydrogen-bond donors (Lipinski definition) is 2. The average Bonchev–Trinajstić information content (AvgIpc) is 2.54. The average molecular weight is 342 g/mol. The molecule has 0 saturated carbocycles. The lowest BCUT2D eigenvalue weighted by atomic mass is 10.2. The Balaban J connectivity index is 2.03. The van der Waals surface area contributed by atoms with E-state index in [0.29, 0.717) is 31.9 Å². The SMILES string of the molecule is O=C(O)CCNS(=O)(=O)c1ccc(C(=O)N2CCOCC2)cc1. The smallest absolute Gasteiger partial charge is 0.304 e. The minimum absolute atomic E-state index is 0.0126. The lowest BCUT2D eigenvalue weighted by molar-refractivity contribution is -0.136. The van der Waals surface area contributed by atoms with Gasteiger partial charge in [-0.25, -0.2) is 13.1 Å². The van der Waals surface area contributed by atoms with Crippen LogP contribution in [0.4, 0.5) is 0 Å². The summed E-state index contributed by atoms with van der Waals surface area (Å²) in [5.74, 6) is -1.25. The number of hydrogen-bond acceptors (Lipinski definition) is 5. The van der Waals surface area contributed by atoms with E-state index in [-0.39, 0.29) is 23.8 Å². The lowest BCUT2D eigenvalue weighted by Gasteiger charge is -2.26. The second-order valence-corrected chi connectivity index (χ2v) is 6.74. The van der Waals surface area contributed by atoms with Crippen LogP contribution in [0.25, 0.3) is 0 Å². The minimum Gasteiger partial charge on any atom is -0.481 e. The fourth-order valence-corrected chi connectivity index (χ4v) is 3.13. The van der Waals surface area contributed by atoms with Crippen LogP contribution in [-0.4, -0.2) is 63.1 Å². The molecule has 0 aromatic heterocycles. The van der Waals surface area contributed by atoms with Gasteiger partial charge in [-0.2, -0.15) is 0 Å². The molecule has 23 heavy (non-hydrogen) atoms. The molecular weight excluding hydrogens is 324 g/mol. The van der Waals surface area contributed by atoms with E-state index in [4.69, 9.17) is 9.84 Å². The summed E-state index contributed by atoms with van der Waals surface area (Å²) in [4.78, 5) is 24.3. The van der Waals surface area contributed by atoms with Gasteiger partial charge in [0, 0.05) is 25.2 Å². The molecule has 2 rings (SSSR count). The number of ether oxygens (including phenoxy) is 1. The van der Waals surface area contributed by atoms with Gasteiger partial charge in [-0.15, -0.1) is 0 Å². The highest BCUT2D eigenvalue weighted by Gasteiger charge is 2.20. The van der Waals surface area contributed by atoms with Crippen LogP contribution >= 0.6 is 0 Å². The van der Waals surface area contributed by atoms with Crippen LogP contribution in [0.3, 0.4) is 0 Å². The van der Waals surface area contributed by atoms with Crippen molar-refractivity contribution < 1.29 is 27.9 Å². The van der Waals surface area contributed by atoms with Gasteiger partial charge in [0.15, 0.2) is 0 Å². The Labute approximate surface area is 134 Å². The van der Waals surface area contributed by atoms with Crippen molar-refractivity contribution in [3.63, 3.8) is 0 Å². The quantitative estimate of drug-likeness (QED) is 0.747. The van der Waals surface area contributed by atoms with Crippen molar-refractivity contribution in [2.75, 3.05) is 32.8 Å². The molecule has 1 amide bonds. The van der Waals surface area contributed by atoms with E-state index < -0.39 is 16.0 Å². The largest absolute Gasteiger partial charge is 0.481 e. The van der Waals surface area contributed by atoms with Gasteiger partial charge in [0.2, 0.25) is 10.0 Å². The number of carboxylic acid groups (broad SMARTS) is 1. The van der Waals surface area contributed by atoms with Gasteiger partial charge in [0.25, 0.3) is 5.91 Å². The molecule has 0 spiro atoms. The standard InChI is InChI=1S/C14H18N2O6S/c17-13(18)5-6-15-23(20,21)12-3-1-11(2-4-12)14(19)16-7-9-22-10-8-16/h1-4,15H,5-10H2,(H,17,18). The van der Waals surface area contributed by atoms with Crippen LogP contribution in [0, 0.1) is 0 Å². The Bertz CT molecular complexity index is 665. The first-order valence-electron chi connectivity index (χ1n) is 7.09. The molecule has 1 saturated heterocycles. The highest BCUT2D eigenvalue weighted by atomic mass is 32.2. The van der Waals surface area contributed by atoms with Crippen LogP contribution in [0.1, 0.15) is 16.8 Å². The highest BCUT2D eigenvalue weighted by Crippen LogP contribution is 2.13. The third-order valence-corrected chi connectivity index (χ3v) is 4.82. The summed E-state index contributed by atoms with van der Waals surface area (Å²) in [6, 6.07) is 5.56. The van der Waals surface area contributed by atoms with Crippen LogP contribution in [0.15, 0.2) is 29.2 Å². The van der Waals surface area contributed by atoms with E-state index in [0.717, 1.165) is 0 Å². The molecule has 126 valence electrons. The van der Waals surface area contributed by atoms with Crippen LogP contribution in [-0.2, 0) is 19.6 Å². The number of carbonyl (C=O) groups excluding carboxylic acids is 1. The number of sulfonamides is 1. The maximum absolute atomic E-state index is 12.2. The normalized spacial score (nSPS) is 15.4. The van der Waals surface area contributed by atoms with Gasteiger partial charge in [-0.05, 0) is 24.3 Å². The van der Waals surface area contributed by atoms with E-state index in [2.05, 4.69) is 4.72 Å². The molecule has 0 unspecified atom stereocenters. The fraction of sp³-hybridized carbons (Fsp3) is 0.429. The number of rotatable bonds is 6. The zero-order valence-corrected chi connectivity index (χ0v) is 13.2. The molecule has 2 N–H and O–H groups in total. The van der Waals surface area contributed by atoms with Crippen molar-refractivity contribution in [2.45, 2.75) is 11.3 Å². The first kappa shape index (κ1) is 17.4. The maximum atomic E-state index is 12.2. The summed E-state index contributed by atoms with van der Waals surface area (Å²) in [7, 11) is -3.78. The number of nitrogens with one attached hydrogen (secondary N) is 1. The Hall–Kier alpha value is -1.97. The van der Waals surface area contributed by atoms with Crippen molar-refractivity contribution in [3.05, 3.63) is 29.8 Å². The first-order chi connectivity index (χ1) is 10.9. The molecule has 1 aromatic carbocycles. The zero-order chi connectivity index (χ0) is 16.9. The molecule has 1 heterocycles. The molecule has 0 bridgehead atoms. The maximum Gasteiger partial charge on any atom is 0.304 e. The lowest BCUT2D eigenvalue weighted by Crippen LogP contribution is -2.40.